The fraction of sp³-hybridized carbons (Fsp3) is 0.118. The fourth-order valence-corrected chi connectivity index (χ4v) is 3.00. The van der Waals surface area contributed by atoms with Gasteiger partial charge >= 0.3 is 0 Å². The lowest BCUT2D eigenvalue weighted by molar-refractivity contribution is 0.414. The van der Waals surface area contributed by atoms with E-state index >= 15 is 0 Å². The second kappa shape index (κ2) is 5.38. The molecule has 7 heteroatoms. The summed E-state index contributed by atoms with van der Waals surface area (Å²) in [5, 5.41) is 12.6. The predicted octanol–water partition coefficient (Wildman–Crippen LogP) is 1.15. The van der Waals surface area contributed by atoms with Gasteiger partial charge in [0.2, 0.25) is 0 Å². The quantitative estimate of drug-likeness (QED) is 0.437. The third kappa shape index (κ3) is 2.02. The van der Waals surface area contributed by atoms with Crippen LogP contribution in [0.1, 0.15) is 5.56 Å². The first-order chi connectivity index (χ1) is 11.7. The molecule has 0 saturated heterocycles. The normalized spacial score (nSPS) is 12.3. The van der Waals surface area contributed by atoms with Crippen molar-refractivity contribution in [3.8, 4) is 5.75 Å². The lowest BCUT2D eigenvalue weighted by Gasteiger charge is -2.06. The number of rotatable bonds is 3. The van der Waals surface area contributed by atoms with Gasteiger partial charge in [0, 0.05) is 11.6 Å². The van der Waals surface area contributed by atoms with Crippen LogP contribution in [0.15, 0.2) is 52.5 Å². The first-order valence-corrected chi connectivity index (χ1v) is 7.42. The van der Waals surface area contributed by atoms with Crippen LogP contribution < -0.4 is 21.5 Å². The average Bonchev–Trinajstić information content (AvgIpc) is 2.90. The molecule has 2 heterocycles. The third-order valence-electron chi connectivity index (χ3n) is 4.19. The highest BCUT2D eigenvalue weighted by atomic mass is 16.5. The monoisotopic (exact) mass is 321 g/mol. The third-order valence-corrected chi connectivity index (χ3v) is 4.19. The van der Waals surface area contributed by atoms with E-state index in [1.807, 2.05) is 30.3 Å². The summed E-state index contributed by atoms with van der Waals surface area (Å²) in [4.78, 5) is 12.8. The number of aromatic amines is 1. The SMILES string of the molecule is COc1ccc(Cn2c(=O)c3c[nH]nc4c(=NN)ccc2c34)cc1. The van der Waals surface area contributed by atoms with Crippen molar-refractivity contribution in [2.24, 2.45) is 10.9 Å². The van der Waals surface area contributed by atoms with E-state index in [0.29, 0.717) is 22.8 Å². The van der Waals surface area contributed by atoms with E-state index in [-0.39, 0.29) is 5.56 Å². The molecule has 0 unspecified atom stereocenters. The van der Waals surface area contributed by atoms with Crippen LogP contribution in [0, 0.1) is 0 Å². The van der Waals surface area contributed by atoms with Crippen LogP contribution in [-0.4, -0.2) is 21.9 Å². The highest BCUT2D eigenvalue weighted by Gasteiger charge is 2.16. The van der Waals surface area contributed by atoms with Gasteiger partial charge in [-0.15, -0.1) is 0 Å². The number of benzene rings is 2. The summed E-state index contributed by atoms with van der Waals surface area (Å²) in [5.41, 5.74) is 2.35. The van der Waals surface area contributed by atoms with E-state index < -0.39 is 0 Å². The number of methoxy groups -OCH3 is 1. The standard InChI is InChI=1S/C17H15N5O2/c1-24-11-4-2-10(3-5-11)9-22-14-7-6-13(20-18)16-15(14)12(17(22)23)8-19-21-16/h2-8,19H,9,18H2,1H3. The maximum Gasteiger partial charge on any atom is 0.260 e. The Labute approximate surface area is 136 Å². The molecule has 2 aromatic heterocycles. The Morgan fingerprint density at radius 2 is 2.04 bits per heavy atom. The topological polar surface area (TPSA) is 98.3 Å². The highest BCUT2D eigenvalue weighted by molar-refractivity contribution is 6.07. The van der Waals surface area contributed by atoms with Crippen molar-refractivity contribution < 1.29 is 4.74 Å². The van der Waals surface area contributed by atoms with E-state index in [4.69, 9.17) is 10.6 Å². The van der Waals surface area contributed by atoms with E-state index in [9.17, 15) is 4.79 Å². The first kappa shape index (κ1) is 14.3. The van der Waals surface area contributed by atoms with Crippen molar-refractivity contribution in [2.45, 2.75) is 6.54 Å². The molecule has 0 radical (unpaired) electrons. The van der Waals surface area contributed by atoms with Crippen molar-refractivity contribution in [3.63, 3.8) is 0 Å². The molecule has 0 aliphatic rings. The lowest BCUT2D eigenvalue weighted by Crippen LogP contribution is -2.15. The minimum absolute atomic E-state index is 0.0707. The van der Waals surface area contributed by atoms with Crippen molar-refractivity contribution in [1.82, 2.24) is 14.8 Å². The number of nitrogens with two attached hydrogens (primary N) is 1. The van der Waals surface area contributed by atoms with Gasteiger partial charge in [0.05, 0.1) is 24.6 Å². The summed E-state index contributed by atoms with van der Waals surface area (Å²) >= 11 is 0. The Kier molecular flexibility index (Phi) is 3.19. The van der Waals surface area contributed by atoms with Crippen LogP contribution in [-0.2, 0) is 6.54 Å². The van der Waals surface area contributed by atoms with Crippen LogP contribution in [0.2, 0.25) is 0 Å². The molecule has 0 aliphatic heterocycles. The highest BCUT2D eigenvalue weighted by Crippen LogP contribution is 2.22. The summed E-state index contributed by atoms with van der Waals surface area (Å²) in [6.45, 7) is 0.464. The second-order valence-corrected chi connectivity index (χ2v) is 5.49. The van der Waals surface area contributed by atoms with Gasteiger partial charge in [-0.25, -0.2) is 0 Å². The Morgan fingerprint density at radius 3 is 2.75 bits per heavy atom. The minimum atomic E-state index is -0.0707. The Morgan fingerprint density at radius 1 is 1.25 bits per heavy atom. The fourth-order valence-electron chi connectivity index (χ4n) is 3.00. The van der Waals surface area contributed by atoms with Crippen LogP contribution in [0.3, 0.4) is 0 Å². The minimum Gasteiger partial charge on any atom is -0.497 e. The first-order valence-electron chi connectivity index (χ1n) is 7.42. The molecule has 24 heavy (non-hydrogen) atoms. The zero-order valence-electron chi connectivity index (χ0n) is 13.0. The van der Waals surface area contributed by atoms with Gasteiger partial charge in [-0.05, 0) is 29.8 Å². The van der Waals surface area contributed by atoms with Crippen LogP contribution in [0.5, 0.6) is 5.75 Å². The Balaban J connectivity index is 1.94. The number of hydrogen-bond acceptors (Lipinski definition) is 5. The van der Waals surface area contributed by atoms with Gasteiger partial charge in [-0.3, -0.25) is 9.89 Å². The second-order valence-electron chi connectivity index (χ2n) is 5.49. The molecule has 4 rings (SSSR count). The largest absolute Gasteiger partial charge is 0.497 e. The lowest BCUT2D eigenvalue weighted by atomic mass is 10.2. The summed E-state index contributed by atoms with van der Waals surface area (Å²) < 4.78 is 6.90. The summed E-state index contributed by atoms with van der Waals surface area (Å²) in [7, 11) is 1.62. The average molecular weight is 321 g/mol. The number of aromatic nitrogens is 3. The van der Waals surface area contributed by atoms with Crippen LogP contribution >= 0.6 is 0 Å². The molecule has 0 amide bonds. The molecular weight excluding hydrogens is 306 g/mol. The summed E-state index contributed by atoms with van der Waals surface area (Å²) in [5.74, 6) is 6.20. The molecule has 4 aromatic rings. The van der Waals surface area contributed by atoms with Gasteiger partial charge < -0.3 is 15.1 Å². The van der Waals surface area contributed by atoms with E-state index in [1.165, 1.54) is 0 Å². The Hall–Kier alpha value is -3.35. The summed E-state index contributed by atoms with van der Waals surface area (Å²) in [6, 6.07) is 11.3. The molecular formula is C17H15N5O2. The Bertz CT molecular complexity index is 1140. The molecule has 0 atom stereocenters. The molecule has 2 aromatic carbocycles. The van der Waals surface area contributed by atoms with E-state index in [1.54, 1.807) is 23.9 Å². The molecule has 0 spiro atoms. The number of hydrogen-bond donors (Lipinski definition) is 2. The number of nitrogens with one attached hydrogen (secondary N) is 1. The maximum absolute atomic E-state index is 12.8. The zero-order valence-corrected chi connectivity index (χ0v) is 13.0. The molecule has 0 saturated carbocycles. The van der Waals surface area contributed by atoms with Crippen LogP contribution in [0.25, 0.3) is 21.8 Å². The van der Waals surface area contributed by atoms with Crippen molar-refractivity contribution in [3.05, 3.63) is 63.9 Å². The zero-order chi connectivity index (χ0) is 16.7. The predicted molar refractivity (Wildman–Crippen MR) is 90.9 cm³/mol. The molecule has 120 valence electrons. The number of H-pyrrole nitrogens is 1. The smallest absolute Gasteiger partial charge is 0.260 e. The van der Waals surface area contributed by atoms with Crippen molar-refractivity contribution in [2.75, 3.05) is 7.11 Å². The van der Waals surface area contributed by atoms with Crippen LogP contribution in [0.4, 0.5) is 0 Å². The van der Waals surface area contributed by atoms with Gasteiger partial charge in [0.15, 0.2) is 0 Å². The van der Waals surface area contributed by atoms with Gasteiger partial charge in [0.1, 0.15) is 16.6 Å². The maximum atomic E-state index is 12.8. The molecule has 0 bridgehead atoms. The van der Waals surface area contributed by atoms with Crippen molar-refractivity contribution >= 4 is 21.8 Å². The van der Waals surface area contributed by atoms with E-state index in [0.717, 1.165) is 22.2 Å². The van der Waals surface area contributed by atoms with Gasteiger partial charge in [-0.2, -0.15) is 10.2 Å². The number of nitrogens with zero attached hydrogens (tertiary/aromatic N) is 3. The molecule has 0 aliphatic carbocycles. The van der Waals surface area contributed by atoms with Crippen molar-refractivity contribution in [1.29, 1.82) is 0 Å². The molecule has 0 fully saturated rings. The van der Waals surface area contributed by atoms with Gasteiger partial charge in [-0.1, -0.05) is 12.1 Å². The van der Waals surface area contributed by atoms with E-state index in [2.05, 4.69) is 15.3 Å². The molecule has 7 nitrogen and oxygen atoms in total. The molecule has 3 N–H and O–H groups in total. The number of ether oxygens (including phenoxy) is 1. The summed E-state index contributed by atoms with van der Waals surface area (Å²) in [6.07, 6.45) is 1.61. The van der Waals surface area contributed by atoms with Gasteiger partial charge in [0.25, 0.3) is 5.56 Å².